The summed E-state index contributed by atoms with van der Waals surface area (Å²) in [6.45, 7) is 4.57. The molecule has 0 radical (unpaired) electrons. The Morgan fingerprint density at radius 3 is 1.12 bits per heavy atom. The molecule has 0 heterocycles. The van der Waals surface area contributed by atoms with Crippen LogP contribution >= 0.6 is 7.82 Å². The molecule has 11 nitrogen and oxygen atoms in total. The quantitative estimate of drug-likeness (QED) is 0.0197. The van der Waals surface area contributed by atoms with Crippen LogP contribution in [0, 0.1) is 0 Å². The third-order valence-corrected chi connectivity index (χ3v) is 12.3. The summed E-state index contributed by atoms with van der Waals surface area (Å²) in [7, 11) is -4.73. The average Bonchev–Trinajstić information content (AvgIpc) is 3.28. The molecule has 0 saturated heterocycles. The van der Waals surface area contributed by atoms with Crippen LogP contribution in [0.1, 0.15) is 252 Å². The van der Waals surface area contributed by atoms with E-state index in [-0.39, 0.29) is 25.9 Å². The van der Waals surface area contributed by atoms with Gasteiger partial charge in [0, 0.05) is 19.3 Å². The van der Waals surface area contributed by atoms with Gasteiger partial charge in [-0.15, -0.1) is 0 Å². The number of ether oxygens (including phenoxy) is 3. The Balaban J connectivity index is 4.71. The molecule has 12 heteroatoms. The van der Waals surface area contributed by atoms with E-state index >= 15 is 0 Å². The fourth-order valence-corrected chi connectivity index (χ4v) is 8.06. The lowest BCUT2D eigenvalue weighted by atomic mass is 10.1. The number of rotatable bonds is 49. The van der Waals surface area contributed by atoms with Gasteiger partial charge in [-0.3, -0.25) is 23.4 Å². The first-order valence-corrected chi connectivity index (χ1v) is 27.7. The monoisotopic (exact) mass is 929 g/mol. The molecule has 0 amide bonds. The lowest BCUT2D eigenvalue weighted by molar-refractivity contribution is -0.161. The second kappa shape index (κ2) is 47.5. The molecular weight excluding hydrogens is 832 g/mol. The van der Waals surface area contributed by atoms with Gasteiger partial charge in [-0.1, -0.05) is 193 Å². The molecule has 0 fully saturated rings. The maximum absolute atomic E-state index is 12.8. The van der Waals surface area contributed by atoms with E-state index in [9.17, 15) is 28.9 Å². The number of aliphatic hydroxyl groups excluding tert-OH is 1. The number of esters is 3. The van der Waals surface area contributed by atoms with Crippen molar-refractivity contribution >= 4 is 25.7 Å². The fourth-order valence-electron chi connectivity index (χ4n) is 7.27. The molecule has 0 saturated carbocycles. The van der Waals surface area contributed by atoms with Gasteiger partial charge in [0.15, 0.2) is 6.10 Å². The van der Waals surface area contributed by atoms with Gasteiger partial charge in [0.2, 0.25) is 0 Å². The van der Waals surface area contributed by atoms with E-state index in [0.717, 1.165) is 83.5 Å². The maximum atomic E-state index is 12.8. The van der Waals surface area contributed by atoms with Crippen molar-refractivity contribution in [2.75, 3.05) is 26.4 Å². The fraction of sp³-hybridized carbons (Fsp3) is 0.865. The first-order valence-electron chi connectivity index (χ1n) is 26.2. The molecule has 0 aliphatic rings. The minimum Gasteiger partial charge on any atom is -0.462 e. The van der Waals surface area contributed by atoms with E-state index in [4.69, 9.17) is 23.3 Å². The first-order chi connectivity index (χ1) is 31.2. The van der Waals surface area contributed by atoms with E-state index in [1.807, 2.05) is 0 Å². The number of aliphatic hydroxyl groups is 1. The zero-order valence-corrected chi connectivity index (χ0v) is 42.2. The molecule has 64 heavy (non-hydrogen) atoms. The van der Waals surface area contributed by atoms with Gasteiger partial charge < -0.3 is 24.2 Å². The van der Waals surface area contributed by atoms with Crippen molar-refractivity contribution in [2.45, 2.75) is 264 Å². The highest BCUT2D eigenvalue weighted by Crippen LogP contribution is 2.43. The number of carbonyl (C=O) groups is 3. The Bertz CT molecular complexity index is 1180. The molecular formula is C52H97O11P. The second-order valence-corrected chi connectivity index (χ2v) is 19.1. The Labute approximate surface area is 391 Å². The van der Waals surface area contributed by atoms with Crippen molar-refractivity contribution in [1.82, 2.24) is 0 Å². The van der Waals surface area contributed by atoms with Crippen LogP contribution in [0.25, 0.3) is 0 Å². The molecule has 0 aromatic heterocycles. The lowest BCUT2D eigenvalue weighted by Gasteiger charge is -2.21. The molecule has 0 aromatic rings. The summed E-state index contributed by atoms with van der Waals surface area (Å²) in [6, 6.07) is 0. The lowest BCUT2D eigenvalue weighted by Crippen LogP contribution is -2.30. The number of hydrogen-bond acceptors (Lipinski definition) is 10. The van der Waals surface area contributed by atoms with E-state index in [2.05, 4.69) is 45.1 Å². The smallest absolute Gasteiger partial charge is 0.462 e. The number of hydrogen-bond donors (Lipinski definition) is 2. The second-order valence-electron chi connectivity index (χ2n) is 17.7. The van der Waals surface area contributed by atoms with Gasteiger partial charge in [0.1, 0.15) is 12.7 Å². The van der Waals surface area contributed by atoms with Crippen LogP contribution in [-0.2, 0) is 42.2 Å². The SMILES string of the molecule is CCCC/C=C\CCCCCCCC(=O)OCC(COP(=O)(O)OCC(CO)OC(=O)CCCCCCCCCCC)OC(=O)CCCCCCCCC/C=C\CCCCCCCC. The number of phosphoric ester groups is 1. The summed E-state index contributed by atoms with van der Waals surface area (Å²) < 4.78 is 39.3. The van der Waals surface area contributed by atoms with Crippen LogP contribution < -0.4 is 0 Å². The van der Waals surface area contributed by atoms with Crippen LogP contribution in [0.4, 0.5) is 0 Å². The standard InChI is InChI=1S/C52H97O11P/c1-4-7-10-13-16-19-21-22-23-24-25-26-28-31-34-37-40-43-52(56)63-49(45-59-50(54)41-38-35-32-30-27-20-17-14-11-8-5-2)47-61-64(57,58)60-46-48(44-53)62-51(55)42-39-36-33-29-18-15-12-9-6-3/h14,17,22-23,48-49,53H,4-13,15-16,18-21,24-47H2,1-3H3,(H,57,58)/b17-14-,23-22-. The number of allylic oxidation sites excluding steroid dienone is 4. The van der Waals surface area contributed by atoms with Crippen LogP contribution in [0.2, 0.25) is 0 Å². The van der Waals surface area contributed by atoms with Gasteiger partial charge in [-0.25, -0.2) is 4.57 Å². The summed E-state index contributed by atoms with van der Waals surface area (Å²) in [5.74, 6) is -1.47. The molecule has 3 atom stereocenters. The Morgan fingerprint density at radius 1 is 0.422 bits per heavy atom. The van der Waals surface area contributed by atoms with Crippen molar-refractivity contribution in [3.63, 3.8) is 0 Å². The van der Waals surface area contributed by atoms with Crippen LogP contribution in [-0.4, -0.2) is 66.5 Å². The summed E-state index contributed by atoms with van der Waals surface area (Å²) >= 11 is 0. The van der Waals surface area contributed by atoms with Crippen molar-refractivity contribution < 1.29 is 52.2 Å². The minimum atomic E-state index is -4.73. The van der Waals surface area contributed by atoms with Gasteiger partial charge in [-0.2, -0.15) is 0 Å². The third-order valence-electron chi connectivity index (χ3n) is 11.3. The Hall–Kier alpha value is -2.04. The van der Waals surface area contributed by atoms with Crippen LogP contribution in [0.3, 0.4) is 0 Å². The molecule has 376 valence electrons. The molecule has 0 aromatic carbocycles. The molecule has 0 spiro atoms. The Morgan fingerprint density at radius 2 is 0.734 bits per heavy atom. The van der Waals surface area contributed by atoms with Gasteiger partial charge >= 0.3 is 25.7 Å². The first kappa shape index (κ1) is 62.0. The molecule has 0 rings (SSSR count). The molecule has 0 aliphatic heterocycles. The van der Waals surface area contributed by atoms with E-state index in [1.165, 1.54) is 109 Å². The van der Waals surface area contributed by atoms with E-state index < -0.39 is 57.8 Å². The van der Waals surface area contributed by atoms with Crippen molar-refractivity contribution in [3.05, 3.63) is 24.3 Å². The van der Waals surface area contributed by atoms with E-state index in [0.29, 0.717) is 19.3 Å². The number of phosphoric acid groups is 1. The zero-order valence-electron chi connectivity index (χ0n) is 41.3. The maximum Gasteiger partial charge on any atom is 0.472 e. The highest BCUT2D eigenvalue weighted by molar-refractivity contribution is 7.47. The van der Waals surface area contributed by atoms with Crippen molar-refractivity contribution in [1.29, 1.82) is 0 Å². The minimum absolute atomic E-state index is 0.165. The molecule has 2 N–H and O–H groups in total. The van der Waals surface area contributed by atoms with Crippen molar-refractivity contribution in [3.8, 4) is 0 Å². The normalized spacial score (nSPS) is 13.6. The molecule has 0 aliphatic carbocycles. The highest BCUT2D eigenvalue weighted by Gasteiger charge is 2.28. The zero-order chi connectivity index (χ0) is 47.0. The molecule has 0 bridgehead atoms. The van der Waals surface area contributed by atoms with Crippen LogP contribution in [0.15, 0.2) is 24.3 Å². The predicted molar refractivity (Wildman–Crippen MR) is 261 cm³/mol. The number of carbonyl (C=O) groups excluding carboxylic acids is 3. The number of unbranched alkanes of at least 4 members (excludes halogenated alkanes) is 28. The topological polar surface area (TPSA) is 155 Å². The average molecular weight is 929 g/mol. The van der Waals surface area contributed by atoms with Crippen LogP contribution in [0.5, 0.6) is 0 Å². The predicted octanol–water partition coefficient (Wildman–Crippen LogP) is 14.7. The Kier molecular flexibility index (Phi) is 45.9. The summed E-state index contributed by atoms with van der Waals surface area (Å²) in [6.07, 6.45) is 44.4. The van der Waals surface area contributed by atoms with Gasteiger partial charge in [-0.05, 0) is 64.2 Å². The largest absolute Gasteiger partial charge is 0.472 e. The van der Waals surface area contributed by atoms with Gasteiger partial charge in [0.25, 0.3) is 0 Å². The summed E-state index contributed by atoms with van der Waals surface area (Å²) in [5.41, 5.74) is 0. The highest BCUT2D eigenvalue weighted by atomic mass is 31.2. The third kappa shape index (κ3) is 45.1. The molecule has 3 unspecified atom stereocenters. The summed E-state index contributed by atoms with van der Waals surface area (Å²) in [4.78, 5) is 48.2. The van der Waals surface area contributed by atoms with Gasteiger partial charge in [0.05, 0.1) is 19.8 Å². The van der Waals surface area contributed by atoms with E-state index in [1.54, 1.807) is 0 Å². The van der Waals surface area contributed by atoms with Crippen molar-refractivity contribution in [2.24, 2.45) is 0 Å². The summed E-state index contributed by atoms with van der Waals surface area (Å²) in [5, 5.41) is 9.74.